The minimum atomic E-state index is -4.13. The molecule has 0 amide bonds. The van der Waals surface area contributed by atoms with Crippen molar-refractivity contribution in [2.75, 3.05) is 6.54 Å². The summed E-state index contributed by atoms with van der Waals surface area (Å²) < 4.78 is 61.3. The van der Waals surface area contributed by atoms with Crippen LogP contribution in [0.15, 0.2) is 33.7 Å². The van der Waals surface area contributed by atoms with E-state index >= 15 is 0 Å². The maximum absolute atomic E-state index is 14.1. The normalized spacial score (nSPS) is 15.1. The van der Waals surface area contributed by atoms with Crippen LogP contribution in [0.5, 0.6) is 0 Å². The predicted molar refractivity (Wildman–Crippen MR) is 91.1 cm³/mol. The van der Waals surface area contributed by atoms with Crippen LogP contribution in [0.25, 0.3) is 11.6 Å². The maximum atomic E-state index is 14.1. The summed E-state index contributed by atoms with van der Waals surface area (Å²) in [7, 11) is -2.37. The quantitative estimate of drug-likeness (QED) is 0.681. The first-order valence-electron chi connectivity index (χ1n) is 8.20. The van der Waals surface area contributed by atoms with Crippen LogP contribution in [0.2, 0.25) is 0 Å². The summed E-state index contributed by atoms with van der Waals surface area (Å²) in [5.74, 6) is -1.04. The Morgan fingerprint density at radius 3 is 2.70 bits per heavy atom. The first kappa shape index (κ1) is 17.8. The molecule has 3 aromatic rings. The fourth-order valence-electron chi connectivity index (χ4n) is 3.23. The average Bonchev–Trinajstić information content (AvgIpc) is 3.18. The summed E-state index contributed by atoms with van der Waals surface area (Å²) in [5, 5.41) is 4.41. The first-order valence-corrected chi connectivity index (χ1v) is 9.64. The Morgan fingerprint density at radius 2 is 2.04 bits per heavy atom. The molecule has 1 aliphatic heterocycles. The number of halogens is 2. The highest BCUT2D eigenvalue weighted by Gasteiger charge is 2.34. The Labute approximate surface area is 154 Å². The zero-order valence-electron chi connectivity index (χ0n) is 14.6. The standard InChI is InChI=1S/C17H16F2N4O3S/c1-10-8-20-17(26-10)16-12-9-23(6-5-14(12)22(2)21-16)27(24,25)15-4-3-11(18)7-13(15)19/h3-4,7-8H,5-6,9H2,1-2H3. The number of hydrogen-bond acceptors (Lipinski definition) is 5. The molecule has 1 aliphatic rings. The van der Waals surface area contributed by atoms with Crippen molar-refractivity contribution in [3.63, 3.8) is 0 Å². The molecular weight excluding hydrogens is 378 g/mol. The van der Waals surface area contributed by atoms with Crippen molar-refractivity contribution >= 4 is 10.0 Å². The summed E-state index contributed by atoms with van der Waals surface area (Å²) in [6.07, 6.45) is 1.96. The highest BCUT2D eigenvalue weighted by atomic mass is 32.2. The van der Waals surface area contributed by atoms with Gasteiger partial charge in [-0.25, -0.2) is 22.2 Å². The van der Waals surface area contributed by atoms with Crippen LogP contribution >= 0.6 is 0 Å². The van der Waals surface area contributed by atoms with Crippen molar-refractivity contribution in [2.24, 2.45) is 7.05 Å². The molecule has 0 fully saturated rings. The molecule has 0 aliphatic carbocycles. The fourth-order valence-corrected chi connectivity index (χ4v) is 4.69. The number of aromatic nitrogens is 3. The van der Waals surface area contributed by atoms with Crippen molar-refractivity contribution < 1.29 is 21.6 Å². The Bertz CT molecular complexity index is 1140. The Hall–Kier alpha value is -2.59. The molecular formula is C17H16F2N4O3S. The number of aryl methyl sites for hydroxylation is 2. The summed E-state index contributed by atoms with van der Waals surface area (Å²) in [4.78, 5) is 3.61. The van der Waals surface area contributed by atoms with Crippen LogP contribution in [0.4, 0.5) is 8.78 Å². The maximum Gasteiger partial charge on any atom is 0.247 e. The van der Waals surface area contributed by atoms with Crippen molar-refractivity contribution in [3.8, 4) is 11.6 Å². The Kier molecular flexibility index (Phi) is 4.11. The summed E-state index contributed by atoms with van der Waals surface area (Å²) >= 11 is 0. The minimum absolute atomic E-state index is 0.000909. The van der Waals surface area contributed by atoms with E-state index in [1.165, 1.54) is 0 Å². The molecule has 0 bridgehead atoms. The van der Waals surface area contributed by atoms with E-state index in [0.717, 1.165) is 22.1 Å². The SMILES string of the molecule is Cc1cnc(-c2nn(C)c3c2CN(S(=O)(=O)c2ccc(F)cc2F)CC3)o1. The number of rotatable bonds is 3. The van der Waals surface area contributed by atoms with Gasteiger partial charge in [-0.15, -0.1) is 0 Å². The number of nitrogens with zero attached hydrogens (tertiary/aromatic N) is 4. The summed E-state index contributed by atoms with van der Waals surface area (Å²) in [6.45, 7) is 1.91. The molecule has 1 aromatic carbocycles. The zero-order valence-corrected chi connectivity index (χ0v) is 15.4. The lowest BCUT2D eigenvalue weighted by Gasteiger charge is -2.27. The first-order chi connectivity index (χ1) is 12.8. The molecule has 4 rings (SSSR count). The predicted octanol–water partition coefficient (Wildman–Crippen LogP) is 2.41. The van der Waals surface area contributed by atoms with Gasteiger partial charge in [-0.3, -0.25) is 4.68 Å². The van der Waals surface area contributed by atoms with Gasteiger partial charge in [0.05, 0.1) is 6.20 Å². The molecule has 0 N–H and O–H groups in total. The molecule has 10 heteroatoms. The van der Waals surface area contributed by atoms with Crippen molar-refractivity contribution in [3.05, 3.63) is 53.0 Å². The second-order valence-electron chi connectivity index (χ2n) is 6.34. The second kappa shape index (κ2) is 6.24. The largest absolute Gasteiger partial charge is 0.440 e. The van der Waals surface area contributed by atoms with E-state index in [4.69, 9.17) is 4.42 Å². The Balaban J connectivity index is 1.74. The third kappa shape index (κ3) is 2.94. The zero-order chi connectivity index (χ0) is 19.3. The van der Waals surface area contributed by atoms with Crippen LogP contribution in [-0.4, -0.2) is 34.0 Å². The number of oxazole rings is 1. The van der Waals surface area contributed by atoms with E-state index < -0.39 is 26.6 Å². The number of benzene rings is 1. The lowest BCUT2D eigenvalue weighted by Crippen LogP contribution is -2.36. The minimum Gasteiger partial charge on any atom is -0.440 e. The number of hydrogen-bond donors (Lipinski definition) is 0. The van der Waals surface area contributed by atoms with Gasteiger partial charge in [0.15, 0.2) is 5.69 Å². The van der Waals surface area contributed by atoms with E-state index in [-0.39, 0.29) is 13.1 Å². The van der Waals surface area contributed by atoms with E-state index in [2.05, 4.69) is 10.1 Å². The molecule has 0 saturated heterocycles. The monoisotopic (exact) mass is 394 g/mol. The smallest absolute Gasteiger partial charge is 0.247 e. The van der Waals surface area contributed by atoms with Gasteiger partial charge in [0.1, 0.15) is 22.3 Å². The highest BCUT2D eigenvalue weighted by Crippen LogP contribution is 2.32. The molecule has 0 spiro atoms. The molecule has 0 atom stereocenters. The number of fused-ring (bicyclic) bond motifs is 1. The van der Waals surface area contributed by atoms with Gasteiger partial charge in [0.2, 0.25) is 15.9 Å². The van der Waals surface area contributed by atoms with Gasteiger partial charge in [0.25, 0.3) is 0 Å². The second-order valence-corrected chi connectivity index (χ2v) is 8.24. The van der Waals surface area contributed by atoms with Gasteiger partial charge in [-0.05, 0) is 19.1 Å². The van der Waals surface area contributed by atoms with Crippen molar-refractivity contribution in [1.29, 1.82) is 0 Å². The van der Waals surface area contributed by atoms with E-state index in [1.807, 2.05) is 0 Å². The molecule has 142 valence electrons. The average molecular weight is 394 g/mol. The molecule has 3 heterocycles. The van der Waals surface area contributed by atoms with Crippen LogP contribution < -0.4 is 0 Å². The van der Waals surface area contributed by atoms with E-state index in [0.29, 0.717) is 35.4 Å². The van der Waals surface area contributed by atoms with Gasteiger partial charge in [0, 0.05) is 43.9 Å². The molecule has 0 radical (unpaired) electrons. The number of sulfonamides is 1. The molecule has 7 nitrogen and oxygen atoms in total. The van der Waals surface area contributed by atoms with Crippen LogP contribution in [-0.2, 0) is 30.0 Å². The van der Waals surface area contributed by atoms with Gasteiger partial charge in [-0.2, -0.15) is 9.40 Å². The van der Waals surface area contributed by atoms with Crippen molar-refractivity contribution in [2.45, 2.75) is 24.8 Å². The third-order valence-corrected chi connectivity index (χ3v) is 6.42. The summed E-state index contributed by atoms with van der Waals surface area (Å²) in [6, 6.07) is 2.43. The topological polar surface area (TPSA) is 81.2 Å². The lowest BCUT2D eigenvalue weighted by molar-refractivity contribution is 0.383. The molecule has 0 saturated carbocycles. The van der Waals surface area contributed by atoms with Crippen LogP contribution in [0, 0.1) is 18.6 Å². The van der Waals surface area contributed by atoms with E-state index in [1.54, 1.807) is 24.9 Å². The van der Waals surface area contributed by atoms with Crippen LogP contribution in [0.1, 0.15) is 17.0 Å². The molecule has 2 aromatic heterocycles. The highest BCUT2D eigenvalue weighted by molar-refractivity contribution is 7.89. The van der Waals surface area contributed by atoms with Gasteiger partial charge in [-0.1, -0.05) is 0 Å². The lowest BCUT2D eigenvalue weighted by atomic mass is 10.1. The van der Waals surface area contributed by atoms with Gasteiger partial charge >= 0.3 is 0 Å². The summed E-state index contributed by atoms with van der Waals surface area (Å²) in [5.41, 5.74) is 1.99. The third-order valence-electron chi connectivity index (χ3n) is 4.54. The van der Waals surface area contributed by atoms with Crippen LogP contribution in [0.3, 0.4) is 0 Å². The fraction of sp³-hybridized carbons (Fsp3) is 0.294. The molecule has 0 unspecified atom stereocenters. The van der Waals surface area contributed by atoms with Crippen molar-refractivity contribution in [1.82, 2.24) is 19.1 Å². The Morgan fingerprint density at radius 1 is 1.26 bits per heavy atom. The van der Waals surface area contributed by atoms with E-state index in [9.17, 15) is 17.2 Å². The molecule has 27 heavy (non-hydrogen) atoms. The van der Waals surface area contributed by atoms with Gasteiger partial charge < -0.3 is 4.42 Å².